The summed E-state index contributed by atoms with van der Waals surface area (Å²) in [4.78, 5) is 32.9. The Morgan fingerprint density at radius 3 is 1.30 bits per heavy atom. The van der Waals surface area contributed by atoms with Crippen LogP contribution in [0.2, 0.25) is 36.3 Å². The van der Waals surface area contributed by atoms with Crippen molar-refractivity contribution in [3.8, 4) is 17.2 Å². The highest BCUT2D eigenvalue weighted by atomic mass is 32.2. The number of alkyl halides is 3. The Hall–Kier alpha value is -8.87. The van der Waals surface area contributed by atoms with Crippen molar-refractivity contribution >= 4 is 145 Å². The number of phenolic OH excluding ortho intramolecular Hbond substituents is 1. The zero-order valence-corrected chi connectivity index (χ0v) is 76.2. The van der Waals surface area contributed by atoms with E-state index in [0.717, 1.165) is 85.4 Å². The standard InChI is InChI=1S/C27H36FN3O2SSi.C21H22FN3O2S.C18H17N3OS.C13H18O5S.C9H21FO2Si/c1-27(2,3)35(6,7)32-19-22(17-28)33-21-13-14-23-24(16-21)34-26(30-23)11-9-8-10-20-12-15-25(29-18-20)31(4)5;1-25(2)20-10-7-15(13-23-20)5-3-4-6-21-24-18-9-8-16(11-19(18)28-21)27-17(12-22)14-26;1-21(2)17-10-7-13(12-19-17)5-3-4-6-18-20-15-9-8-14(22)11-16(15)23-18;1-10-4-6-12(7-5-10)19(14,15)17-9-11-8-16-13(2,3)18-11;1-9(2,3)13(4,5)12-7-8(11)6-10/h8-16,18,22H,17,19H2,1-7H3;3-11,13,17,26H,12,14H2,1-2H3;3-12,22H,1-2H3;4-7,11H,8-9H2,1-3H3;8,11H,6-7H2,1-5H3/b10-8+,11-9+;2*5-3+,6-4+;;. The van der Waals surface area contributed by atoms with E-state index in [0.29, 0.717) is 18.1 Å². The highest BCUT2D eigenvalue weighted by Crippen LogP contribution is 2.39. The lowest BCUT2D eigenvalue weighted by Crippen LogP contribution is -2.43. The maximum atomic E-state index is 13.7. The van der Waals surface area contributed by atoms with Crippen LogP contribution in [0.25, 0.3) is 67.1 Å². The largest absolute Gasteiger partial charge is 0.508 e. The molecule has 11 rings (SSSR count). The second-order valence-corrected chi connectivity index (χ2v) is 46.1. The minimum Gasteiger partial charge on any atom is -0.508 e. The van der Waals surface area contributed by atoms with Crippen molar-refractivity contribution in [1.29, 1.82) is 0 Å². The number of anilines is 3. The van der Waals surface area contributed by atoms with E-state index in [-0.39, 0.29) is 53.3 Å². The average molecular weight is 1730 g/mol. The number of phenols is 1. The molecule has 0 amide bonds. The maximum Gasteiger partial charge on any atom is 0.297 e. The molecule has 118 heavy (non-hydrogen) atoms. The number of aliphatic hydroxyl groups excluding tert-OH is 2. The number of fused-ring (bicyclic) bond motifs is 3. The summed E-state index contributed by atoms with van der Waals surface area (Å²) in [5.74, 6) is 3.53. The van der Waals surface area contributed by atoms with E-state index in [9.17, 15) is 26.7 Å². The Balaban J connectivity index is 0.000000211. The van der Waals surface area contributed by atoms with E-state index in [1.165, 1.54) is 23.5 Å². The molecule has 4 atom stereocenters. The number of thiazole rings is 3. The van der Waals surface area contributed by atoms with E-state index >= 15 is 0 Å². The third-order valence-corrected chi connectivity index (χ3v) is 32.0. The van der Waals surface area contributed by atoms with Crippen molar-refractivity contribution in [3.05, 3.63) is 208 Å². The molecule has 6 aromatic heterocycles. The fourth-order valence-corrected chi connectivity index (χ4v) is 15.6. The lowest BCUT2D eigenvalue weighted by molar-refractivity contribution is -0.141. The van der Waals surface area contributed by atoms with Gasteiger partial charge in [-0.25, -0.2) is 43.1 Å². The van der Waals surface area contributed by atoms with Crippen LogP contribution in [0.4, 0.5) is 30.6 Å². The summed E-state index contributed by atoms with van der Waals surface area (Å²) in [6, 6.07) is 34.8. The Kier molecular flexibility index (Phi) is 36.7. The number of nitrogens with zero attached hydrogens (tertiary/aromatic N) is 9. The van der Waals surface area contributed by atoms with Gasteiger partial charge in [0.1, 0.15) is 94.2 Å². The zero-order valence-electron chi connectivity index (χ0n) is 70.9. The molecule has 0 radical (unpaired) electrons. The van der Waals surface area contributed by atoms with Crippen LogP contribution >= 0.6 is 34.0 Å². The number of aromatic nitrogens is 6. The van der Waals surface area contributed by atoms with Gasteiger partial charge in [-0.3, -0.25) is 4.18 Å². The number of aromatic hydroxyl groups is 1. The van der Waals surface area contributed by atoms with Gasteiger partial charge in [0.15, 0.2) is 22.4 Å². The topological polar surface area (TPSA) is 246 Å². The number of rotatable bonds is 30. The number of halogens is 3. The molecule has 0 aliphatic carbocycles. The Bertz CT molecular complexity index is 5060. The molecule has 0 spiro atoms. The molecule has 1 saturated heterocycles. The van der Waals surface area contributed by atoms with Crippen LogP contribution in [0, 0.1) is 6.92 Å². The first-order chi connectivity index (χ1) is 55.7. The van der Waals surface area contributed by atoms with Crippen molar-refractivity contribution in [3.63, 3.8) is 0 Å². The second-order valence-electron chi connectivity index (χ2n) is 31.7. The summed E-state index contributed by atoms with van der Waals surface area (Å²) in [5, 5.41) is 30.4. The van der Waals surface area contributed by atoms with E-state index < -0.39 is 70.9 Å². The second kappa shape index (κ2) is 45.0. The Morgan fingerprint density at radius 1 is 0.551 bits per heavy atom. The van der Waals surface area contributed by atoms with Gasteiger partial charge in [-0.05, 0) is 195 Å². The van der Waals surface area contributed by atoms with Gasteiger partial charge in [0.05, 0.1) is 68.6 Å². The number of hydrogen-bond acceptors (Lipinski definition) is 24. The van der Waals surface area contributed by atoms with Crippen molar-refractivity contribution < 1.29 is 68.9 Å². The van der Waals surface area contributed by atoms with Crippen molar-refractivity contribution in [1.82, 2.24) is 29.9 Å². The molecule has 4 aromatic carbocycles. The van der Waals surface area contributed by atoms with Gasteiger partial charge in [0, 0.05) is 60.9 Å². The Morgan fingerprint density at radius 2 is 0.941 bits per heavy atom. The summed E-state index contributed by atoms with van der Waals surface area (Å²) < 4.78 is 104. The van der Waals surface area contributed by atoms with E-state index in [1.54, 1.807) is 66.9 Å². The summed E-state index contributed by atoms with van der Waals surface area (Å²) in [5.41, 5.74) is 6.75. The summed E-state index contributed by atoms with van der Waals surface area (Å²) >= 11 is 4.64. The van der Waals surface area contributed by atoms with Gasteiger partial charge in [-0.2, -0.15) is 8.42 Å². The van der Waals surface area contributed by atoms with Gasteiger partial charge >= 0.3 is 0 Å². The highest BCUT2D eigenvalue weighted by molar-refractivity contribution is 7.86. The monoisotopic (exact) mass is 1730 g/mol. The van der Waals surface area contributed by atoms with E-state index in [2.05, 4.69) is 97.6 Å². The molecule has 1 aliphatic rings. The number of allylic oxidation sites excluding steroid dienone is 6. The smallest absolute Gasteiger partial charge is 0.297 e. The molecule has 30 heteroatoms. The molecule has 636 valence electrons. The first-order valence-corrected chi connectivity index (χ1v) is 48.1. The predicted octanol–water partition coefficient (Wildman–Crippen LogP) is 19.8. The molecule has 3 N–H and O–H groups in total. The molecular weight excluding hydrogens is 1620 g/mol. The summed E-state index contributed by atoms with van der Waals surface area (Å²) in [6.45, 7) is 25.0. The van der Waals surface area contributed by atoms with Crippen molar-refractivity contribution in [2.24, 2.45) is 0 Å². The van der Waals surface area contributed by atoms with Crippen LogP contribution in [-0.4, -0.2) is 196 Å². The minimum absolute atomic E-state index is 0.0420. The zero-order chi connectivity index (χ0) is 86.6. The molecular formula is C88H114F3N9O12S4Si2. The predicted molar refractivity (Wildman–Crippen MR) is 486 cm³/mol. The lowest BCUT2D eigenvalue weighted by Gasteiger charge is -2.37. The average Bonchev–Trinajstić information content (AvgIpc) is 1.69. The fraction of sp³-hybridized carbons (Fsp3) is 0.386. The number of ether oxygens (including phenoxy) is 4. The van der Waals surface area contributed by atoms with Crippen LogP contribution in [0.1, 0.15) is 92.7 Å². The van der Waals surface area contributed by atoms with Crippen LogP contribution in [0.3, 0.4) is 0 Å². The molecule has 4 unspecified atom stereocenters. The van der Waals surface area contributed by atoms with E-state index in [1.807, 2.05) is 228 Å². The lowest BCUT2D eigenvalue weighted by atomic mass is 10.2. The molecule has 21 nitrogen and oxygen atoms in total. The van der Waals surface area contributed by atoms with Crippen LogP contribution in [0.15, 0.2) is 175 Å². The quantitative estimate of drug-likeness (QED) is 0.0215. The molecule has 0 saturated carbocycles. The van der Waals surface area contributed by atoms with E-state index in [4.69, 9.17) is 42.2 Å². The first kappa shape index (κ1) is 96.3. The van der Waals surface area contributed by atoms with Crippen molar-refractivity contribution in [2.75, 3.05) is 110 Å². The molecule has 1 fully saturated rings. The van der Waals surface area contributed by atoms with Crippen LogP contribution in [-0.2, 0) is 32.6 Å². The number of benzene rings is 4. The van der Waals surface area contributed by atoms with Gasteiger partial charge in [0.2, 0.25) is 0 Å². The maximum absolute atomic E-state index is 13.7. The first-order valence-electron chi connectivity index (χ1n) is 38.4. The van der Waals surface area contributed by atoms with Gasteiger partial charge in [0.25, 0.3) is 10.1 Å². The third-order valence-electron chi connectivity index (χ3n) is 18.7. The third kappa shape index (κ3) is 31.4. The number of hydrogen-bond donors (Lipinski definition) is 3. The van der Waals surface area contributed by atoms with Crippen LogP contribution in [0.5, 0.6) is 17.2 Å². The summed E-state index contributed by atoms with van der Waals surface area (Å²) in [7, 11) is 4.29. The number of aliphatic hydroxyl groups is 2. The number of aryl methyl sites for hydroxylation is 1. The molecule has 1 aliphatic heterocycles. The Labute approximate surface area is 708 Å². The minimum atomic E-state index is -3.74. The van der Waals surface area contributed by atoms with Gasteiger partial charge < -0.3 is 57.8 Å². The molecule has 10 aromatic rings. The van der Waals surface area contributed by atoms with Gasteiger partial charge in [-0.1, -0.05) is 114 Å². The van der Waals surface area contributed by atoms with Gasteiger partial charge in [-0.15, -0.1) is 34.0 Å². The highest BCUT2D eigenvalue weighted by Gasteiger charge is 2.39. The fourth-order valence-electron chi connectivity index (χ4n) is 9.81. The molecule has 7 heterocycles. The summed E-state index contributed by atoms with van der Waals surface area (Å²) in [6.07, 6.45) is 26.3. The van der Waals surface area contributed by atoms with Crippen molar-refractivity contribution in [2.45, 2.75) is 134 Å². The SMILES string of the molecule is CC(C)(C)[Si](C)(C)OCC(O)CF.CN(C)c1ccc(/C=C/C=C/c2nc3ccc(O)cc3s2)cn1.CN(C)c1ccc(/C=C/C=C/c2nc3ccc(OC(CF)CO[Si](C)(C)C(C)(C)C)cc3s2)cn1.CN(C)c1ccc(/C=C/C=C/c2nc3ccc(OC(CO)CF)cc3s2)cn1.Cc1ccc(S(=O)(=O)OCC2COC(C)(C)O2)cc1. The van der Waals surface area contributed by atoms with Crippen LogP contribution < -0.4 is 24.2 Å². The number of pyridine rings is 3. The normalized spacial score (nSPS) is 14.8. The molecule has 0 bridgehead atoms.